The lowest BCUT2D eigenvalue weighted by Crippen LogP contribution is -2.03. The molecule has 0 amide bonds. The Balaban J connectivity index is 1.92. The molecule has 1 N–H and O–H groups in total. The Morgan fingerprint density at radius 3 is 2.67 bits per heavy atom. The predicted molar refractivity (Wildman–Crippen MR) is 90.0 cm³/mol. The van der Waals surface area contributed by atoms with Gasteiger partial charge in [0.05, 0.1) is 4.92 Å². The van der Waals surface area contributed by atoms with Crippen LogP contribution in [-0.4, -0.2) is 19.9 Å². The van der Waals surface area contributed by atoms with Crippen LogP contribution in [0.15, 0.2) is 42.2 Å². The molecule has 2 aromatic heterocycles. The van der Waals surface area contributed by atoms with Gasteiger partial charge in [-0.1, -0.05) is 19.1 Å². The fourth-order valence-corrected chi connectivity index (χ4v) is 2.51. The average molecular weight is 343 g/mol. The van der Waals surface area contributed by atoms with Crippen molar-refractivity contribution in [2.45, 2.75) is 13.3 Å². The van der Waals surface area contributed by atoms with Crippen LogP contribution < -0.4 is 10.1 Å². The van der Waals surface area contributed by atoms with E-state index in [1.165, 1.54) is 17.7 Å². The van der Waals surface area contributed by atoms with Gasteiger partial charge in [0.15, 0.2) is 5.13 Å². The van der Waals surface area contributed by atoms with E-state index in [1.807, 2.05) is 19.1 Å². The first-order valence-electron chi connectivity index (χ1n) is 7.10. The van der Waals surface area contributed by atoms with Crippen molar-refractivity contribution in [2.24, 2.45) is 0 Å². The van der Waals surface area contributed by atoms with E-state index in [9.17, 15) is 10.1 Å². The molecule has 0 saturated heterocycles. The third-order valence-corrected chi connectivity index (χ3v) is 3.86. The number of anilines is 2. The molecule has 8 nitrogen and oxygen atoms in total. The molecule has 0 saturated carbocycles. The largest absolute Gasteiger partial charge is 0.434 e. The Morgan fingerprint density at radius 2 is 2.04 bits per heavy atom. The molecule has 0 aliphatic rings. The number of aryl methyl sites for hydroxylation is 1. The van der Waals surface area contributed by atoms with Crippen LogP contribution in [0.5, 0.6) is 11.6 Å². The van der Waals surface area contributed by atoms with Gasteiger partial charge in [-0.2, -0.15) is 4.98 Å². The number of nitrogens with zero attached hydrogens (tertiary/aromatic N) is 4. The third kappa shape index (κ3) is 3.46. The van der Waals surface area contributed by atoms with Gasteiger partial charge in [-0.15, -0.1) is 11.3 Å². The number of nitro groups is 1. The minimum atomic E-state index is -0.578. The van der Waals surface area contributed by atoms with Crippen LogP contribution >= 0.6 is 11.3 Å². The van der Waals surface area contributed by atoms with Crippen LogP contribution in [-0.2, 0) is 6.42 Å². The summed E-state index contributed by atoms with van der Waals surface area (Å²) in [5.41, 5.74) is 0.804. The highest BCUT2D eigenvalue weighted by Crippen LogP contribution is 2.35. The molecule has 9 heteroatoms. The summed E-state index contributed by atoms with van der Waals surface area (Å²) in [6.45, 7) is 2.04. The van der Waals surface area contributed by atoms with Crippen molar-refractivity contribution >= 4 is 28.0 Å². The number of thiazole rings is 1. The molecule has 0 unspecified atom stereocenters. The van der Waals surface area contributed by atoms with Crippen LogP contribution in [0.1, 0.15) is 12.5 Å². The number of hydrogen-bond donors (Lipinski definition) is 1. The van der Waals surface area contributed by atoms with Gasteiger partial charge in [0, 0.05) is 11.6 Å². The Bertz CT molecular complexity index is 837. The van der Waals surface area contributed by atoms with Crippen molar-refractivity contribution in [1.29, 1.82) is 0 Å². The Hall–Kier alpha value is -3.07. The Morgan fingerprint density at radius 1 is 1.25 bits per heavy atom. The highest BCUT2D eigenvalue weighted by atomic mass is 32.1. The van der Waals surface area contributed by atoms with E-state index >= 15 is 0 Å². The van der Waals surface area contributed by atoms with E-state index < -0.39 is 4.92 Å². The molecule has 0 aliphatic heterocycles. The number of nitrogens with one attached hydrogen (secondary N) is 1. The smallest absolute Gasteiger partial charge is 0.373 e. The summed E-state index contributed by atoms with van der Waals surface area (Å²) in [5.74, 6) is 0.373. The molecule has 1 aromatic carbocycles. The van der Waals surface area contributed by atoms with Gasteiger partial charge < -0.3 is 10.1 Å². The molecule has 24 heavy (non-hydrogen) atoms. The monoisotopic (exact) mass is 343 g/mol. The third-order valence-electron chi connectivity index (χ3n) is 3.18. The molecule has 0 radical (unpaired) electrons. The van der Waals surface area contributed by atoms with Gasteiger partial charge in [0.1, 0.15) is 12.1 Å². The van der Waals surface area contributed by atoms with Crippen LogP contribution in [0.2, 0.25) is 0 Å². The lowest BCUT2D eigenvalue weighted by atomic mass is 10.2. The molecular weight excluding hydrogens is 330 g/mol. The number of hydrogen-bond acceptors (Lipinski definition) is 8. The minimum Gasteiger partial charge on any atom is -0.434 e. The molecule has 0 atom stereocenters. The maximum Gasteiger partial charge on any atom is 0.373 e. The van der Waals surface area contributed by atoms with Gasteiger partial charge in [-0.3, -0.25) is 10.1 Å². The fraction of sp³-hybridized carbons (Fsp3) is 0.133. The summed E-state index contributed by atoms with van der Waals surface area (Å²) in [6, 6.07) is 7.30. The van der Waals surface area contributed by atoms with Crippen molar-refractivity contribution in [1.82, 2.24) is 15.0 Å². The van der Waals surface area contributed by atoms with Crippen LogP contribution in [0.25, 0.3) is 0 Å². The van der Waals surface area contributed by atoms with E-state index in [0.717, 1.165) is 12.0 Å². The molecule has 0 bridgehead atoms. The lowest BCUT2D eigenvalue weighted by Gasteiger charge is -2.08. The summed E-state index contributed by atoms with van der Waals surface area (Å²) in [5, 5.41) is 16.5. The van der Waals surface area contributed by atoms with Crippen molar-refractivity contribution in [3.8, 4) is 11.6 Å². The Kier molecular flexibility index (Phi) is 4.62. The van der Waals surface area contributed by atoms with Crippen molar-refractivity contribution in [2.75, 3.05) is 5.32 Å². The number of benzene rings is 1. The normalized spacial score (nSPS) is 10.4. The SMILES string of the molecule is CCc1ccc(Oc2ncnc(Nc3nccs3)c2[N+](=O)[O-])cc1. The second-order valence-corrected chi connectivity index (χ2v) is 5.59. The molecule has 0 aliphatic carbocycles. The van der Waals surface area contributed by atoms with Gasteiger partial charge >= 0.3 is 11.6 Å². The molecular formula is C15H13N5O3S. The lowest BCUT2D eigenvalue weighted by molar-refractivity contribution is -0.385. The van der Waals surface area contributed by atoms with E-state index in [4.69, 9.17) is 4.74 Å². The zero-order chi connectivity index (χ0) is 16.9. The number of rotatable bonds is 6. The minimum absolute atomic E-state index is 0.0325. The fourth-order valence-electron chi connectivity index (χ4n) is 1.98. The van der Waals surface area contributed by atoms with Crippen molar-refractivity contribution < 1.29 is 9.66 Å². The second-order valence-electron chi connectivity index (χ2n) is 4.69. The number of aromatic nitrogens is 3. The first-order valence-corrected chi connectivity index (χ1v) is 7.98. The van der Waals surface area contributed by atoms with Crippen molar-refractivity contribution in [3.05, 3.63) is 57.8 Å². The molecule has 2 heterocycles. The van der Waals surface area contributed by atoms with Gasteiger partial charge in [-0.05, 0) is 24.1 Å². The zero-order valence-electron chi connectivity index (χ0n) is 12.7. The summed E-state index contributed by atoms with van der Waals surface area (Å²) in [4.78, 5) is 22.7. The predicted octanol–water partition coefficient (Wildman–Crippen LogP) is 3.94. The molecule has 122 valence electrons. The summed E-state index contributed by atoms with van der Waals surface area (Å²) in [7, 11) is 0. The molecule has 3 rings (SSSR count). The maximum atomic E-state index is 11.5. The standard InChI is InChI=1S/C15H13N5O3S/c1-2-10-3-5-11(6-4-10)23-14-12(20(21)22)13(17-9-18-14)19-15-16-7-8-24-15/h3-9H,2H2,1H3,(H,16,17,18,19). The Labute approximate surface area is 141 Å². The summed E-state index contributed by atoms with van der Waals surface area (Å²) >= 11 is 1.31. The van der Waals surface area contributed by atoms with Crippen LogP contribution in [0.4, 0.5) is 16.6 Å². The maximum absolute atomic E-state index is 11.5. The highest BCUT2D eigenvalue weighted by molar-refractivity contribution is 7.13. The first-order chi connectivity index (χ1) is 11.7. The molecule has 0 fully saturated rings. The summed E-state index contributed by atoms with van der Waals surface area (Å²) in [6.07, 6.45) is 3.70. The van der Waals surface area contributed by atoms with E-state index in [-0.39, 0.29) is 17.4 Å². The van der Waals surface area contributed by atoms with E-state index in [2.05, 4.69) is 20.3 Å². The van der Waals surface area contributed by atoms with E-state index in [0.29, 0.717) is 10.9 Å². The molecule has 0 spiro atoms. The second kappa shape index (κ2) is 7.01. The van der Waals surface area contributed by atoms with Gasteiger partial charge in [-0.25, -0.2) is 9.97 Å². The van der Waals surface area contributed by atoms with Crippen molar-refractivity contribution in [3.63, 3.8) is 0 Å². The van der Waals surface area contributed by atoms with Crippen LogP contribution in [0.3, 0.4) is 0 Å². The average Bonchev–Trinajstić information content (AvgIpc) is 3.08. The topological polar surface area (TPSA) is 103 Å². The molecule has 3 aromatic rings. The van der Waals surface area contributed by atoms with Gasteiger partial charge in [0.25, 0.3) is 0 Å². The van der Waals surface area contributed by atoms with Crippen LogP contribution in [0, 0.1) is 10.1 Å². The highest BCUT2D eigenvalue weighted by Gasteiger charge is 2.25. The van der Waals surface area contributed by atoms with Gasteiger partial charge in [0.2, 0.25) is 5.82 Å². The zero-order valence-corrected chi connectivity index (χ0v) is 13.5. The quantitative estimate of drug-likeness (QED) is 0.534. The van der Waals surface area contributed by atoms with E-state index in [1.54, 1.807) is 23.7 Å². The number of ether oxygens (including phenoxy) is 1. The first kappa shape index (κ1) is 15.8. The summed E-state index contributed by atoms with van der Waals surface area (Å²) < 4.78 is 5.58.